The summed E-state index contributed by atoms with van der Waals surface area (Å²) in [6, 6.07) is 16.7. The molecule has 3 aromatic rings. The van der Waals surface area contributed by atoms with E-state index in [1.807, 2.05) is 19.2 Å². The first-order chi connectivity index (χ1) is 12.4. The summed E-state index contributed by atoms with van der Waals surface area (Å²) in [6.45, 7) is 6.66. The minimum Gasteiger partial charge on any atom is -0.497 e. The zero-order chi connectivity index (χ0) is 18.7. The van der Waals surface area contributed by atoms with Gasteiger partial charge in [-0.2, -0.15) is 0 Å². The van der Waals surface area contributed by atoms with E-state index in [0.717, 1.165) is 28.0 Å². The number of benzene rings is 2. The SMILES string of the molecule is COc1ccc(CSc2nnc(-c3ccc(C(C)(C)C)cc3)n2C)cc1. The van der Waals surface area contributed by atoms with E-state index in [-0.39, 0.29) is 5.41 Å². The maximum absolute atomic E-state index is 5.20. The van der Waals surface area contributed by atoms with Gasteiger partial charge in [-0.05, 0) is 28.7 Å². The van der Waals surface area contributed by atoms with Gasteiger partial charge in [0, 0.05) is 18.4 Å². The largest absolute Gasteiger partial charge is 0.497 e. The Labute approximate surface area is 159 Å². The van der Waals surface area contributed by atoms with Crippen molar-refractivity contribution in [2.75, 3.05) is 7.11 Å². The molecular weight excluding hydrogens is 342 g/mol. The molecule has 5 heteroatoms. The van der Waals surface area contributed by atoms with Crippen molar-refractivity contribution >= 4 is 11.8 Å². The lowest BCUT2D eigenvalue weighted by Crippen LogP contribution is -2.10. The van der Waals surface area contributed by atoms with Crippen molar-refractivity contribution in [2.45, 2.75) is 37.1 Å². The molecule has 0 aliphatic rings. The quantitative estimate of drug-likeness (QED) is 0.590. The van der Waals surface area contributed by atoms with Gasteiger partial charge in [0.2, 0.25) is 0 Å². The molecule has 1 aromatic heterocycles. The average molecular weight is 368 g/mol. The smallest absolute Gasteiger partial charge is 0.191 e. The van der Waals surface area contributed by atoms with E-state index in [2.05, 4.69) is 71.9 Å². The molecule has 4 nitrogen and oxygen atoms in total. The minimum absolute atomic E-state index is 0.151. The van der Waals surface area contributed by atoms with Crippen LogP contribution >= 0.6 is 11.8 Å². The van der Waals surface area contributed by atoms with Crippen LogP contribution in [-0.4, -0.2) is 21.9 Å². The van der Waals surface area contributed by atoms with Crippen molar-refractivity contribution < 1.29 is 4.74 Å². The fourth-order valence-corrected chi connectivity index (χ4v) is 3.55. The molecule has 0 aliphatic carbocycles. The molecule has 0 saturated carbocycles. The van der Waals surface area contributed by atoms with Gasteiger partial charge in [-0.25, -0.2) is 0 Å². The third kappa shape index (κ3) is 4.10. The average Bonchev–Trinajstić information content (AvgIpc) is 3.00. The lowest BCUT2D eigenvalue weighted by Gasteiger charge is -2.19. The Morgan fingerprint density at radius 1 is 0.962 bits per heavy atom. The second-order valence-electron chi connectivity index (χ2n) is 7.33. The molecular formula is C21H25N3OS. The normalized spacial score (nSPS) is 11.6. The number of methoxy groups -OCH3 is 1. The zero-order valence-corrected chi connectivity index (χ0v) is 16.8. The summed E-state index contributed by atoms with van der Waals surface area (Å²) in [5, 5.41) is 9.67. The minimum atomic E-state index is 0.151. The number of aromatic nitrogens is 3. The van der Waals surface area contributed by atoms with Gasteiger partial charge in [0.25, 0.3) is 0 Å². The first-order valence-electron chi connectivity index (χ1n) is 8.64. The van der Waals surface area contributed by atoms with Crippen LogP contribution in [0, 0.1) is 0 Å². The van der Waals surface area contributed by atoms with E-state index in [4.69, 9.17) is 4.74 Å². The first-order valence-corrected chi connectivity index (χ1v) is 9.63. The third-order valence-corrected chi connectivity index (χ3v) is 5.46. The molecule has 2 aromatic carbocycles. The molecule has 0 bridgehead atoms. The molecule has 0 saturated heterocycles. The Hall–Kier alpha value is -2.27. The number of hydrogen-bond donors (Lipinski definition) is 0. The Balaban J connectivity index is 1.73. The second kappa shape index (κ2) is 7.54. The van der Waals surface area contributed by atoms with Crippen molar-refractivity contribution in [1.82, 2.24) is 14.8 Å². The van der Waals surface area contributed by atoms with Gasteiger partial charge in [0.15, 0.2) is 11.0 Å². The topological polar surface area (TPSA) is 39.9 Å². The van der Waals surface area contributed by atoms with E-state index in [9.17, 15) is 0 Å². The summed E-state index contributed by atoms with van der Waals surface area (Å²) >= 11 is 1.69. The number of thioether (sulfide) groups is 1. The number of nitrogens with zero attached hydrogens (tertiary/aromatic N) is 3. The summed E-state index contributed by atoms with van der Waals surface area (Å²) < 4.78 is 7.26. The highest BCUT2D eigenvalue weighted by Gasteiger charge is 2.15. The molecule has 0 N–H and O–H groups in total. The predicted octanol–water partition coefficient (Wildman–Crippen LogP) is 5.08. The maximum Gasteiger partial charge on any atom is 0.191 e. The zero-order valence-electron chi connectivity index (χ0n) is 16.0. The first kappa shape index (κ1) is 18.5. The Morgan fingerprint density at radius 3 is 2.19 bits per heavy atom. The summed E-state index contributed by atoms with van der Waals surface area (Å²) in [5.41, 5.74) is 3.79. The van der Waals surface area contributed by atoms with Crippen LogP contribution in [0.3, 0.4) is 0 Å². The maximum atomic E-state index is 5.20. The van der Waals surface area contributed by atoms with Gasteiger partial charge in [0.1, 0.15) is 5.75 Å². The van der Waals surface area contributed by atoms with Gasteiger partial charge < -0.3 is 9.30 Å². The Bertz CT molecular complexity index is 862. The fraction of sp³-hybridized carbons (Fsp3) is 0.333. The summed E-state index contributed by atoms with van der Waals surface area (Å²) in [6.07, 6.45) is 0. The van der Waals surface area contributed by atoms with Crippen molar-refractivity contribution in [3.05, 3.63) is 59.7 Å². The van der Waals surface area contributed by atoms with Crippen LogP contribution in [-0.2, 0) is 18.2 Å². The number of ether oxygens (including phenoxy) is 1. The molecule has 26 heavy (non-hydrogen) atoms. The van der Waals surface area contributed by atoms with Crippen LogP contribution in [0.2, 0.25) is 0 Å². The van der Waals surface area contributed by atoms with E-state index in [0.29, 0.717) is 0 Å². The highest BCUT2D eigenvalue weighted by Crippen LogP contribution is 2.28. The summed E-state index contributed by atoms with van der Waals surface area (Å²) in [4.78, 5) is 0. The van der Waals surface area contributed by atoms with Gasteiger partial charge >= 0.3 is 0 Å². The lowest BCUT2D eigenvalue weighted by molar-refractivity contribution is 0.414. The molecule has 0 unspecified atom stereocenters. The number of rotatable bonds is 5. The van der Waals surface area contributed by atoms with E-state index >= 15 is 0 Å². The van der Waals surface area contributed by atoms with E-state index in [1.54, 1.807) is 18.9 Å². The van der Waals surface area contributed by atoms with Gasteiger partial charge in [-0.3, -0.25) is 0 Å². The van der Waals surface area contributed by atoms with E-state index < -0.39 is 0 Å². The third-order valence-electron chi connectivity index (χ3n) is 4.37. The standard InChI is InChI=1S/C21H25N3OS/c1-21(2,3)17-10-8-16(9-11-17)19-22-23-20(24(19)4)26-14-15-6-12-18(25-5)13-7-15/h6-13H,14H2,1-5H3. The molecule has 0 spiro atoms. The highest BCUT2D eigenvalue weighted by molar-refractivity contribution is 7.98. The summed E-state index contributed by atoms with van der Waals surface area (Å²) in [5.74, 6) is 2.61. The van der Waals surface area contributed by atoms with Crippen molar-refractivity contribution in [3.63, 3.8) is 0 Å². The molecule has 0 fully saturated rings. The molecule has 0 amide bonds. The summed E-state index contributed by atoms with van der Waals surface area (Å²) in [7, 11) is 3.70. The van der Waals surface area contributed by atoms with E-state index in [1.165, 1.54) is 11.1 Å². The van der Waals surface area contributed by atoms with Crippen LogP contribution in [0.5, 0.6) is 5.75 Å². The van der Waals surface area contributed by atoms with Crippen LogP contribution in [0.25, 0.3) is 11.4 Å². The van der Waals surface area contributed by atoms with Crippen LogP contribution in [0.15, 0.2) is 53.7 Å². The molecule has 0 atom stereocenters. The molecule has 1 heterocycles. The van der Waals surface area contributed by atoms with Gasteiger partial charge in [-0.15, -0.1) is 10.2 Å². The van der Waals surface area contributed by atoms with Crippen LogP contribution in [0.4, 0.5) is 0 Å². The molecule has 136 valence electrons. The van der Waals surface area contributed by atoms with Crippen LogP contribution < -0.4 is 4.74 Å². The predicted molar refractivity (Wildman–Crippen MR) is 108 cm³/mol. The fourth-order valence-electron chi connectivity index (χ4n) is 2.68. The Morgan fingerprint density at radius 2 is 1.62 bits per heavy atom. The van der Waals surface area contributed by atoms with Gasteiger partial charge in [-0.1, -0.05) is 68.9 Å². The van der Waals surface area contributed by atoms with Crippen molar-refractivity contribution in [2.24, 2.45) is 7.05 Å². The van der Waals surface area contributed by atoms with Gasteiger partial charge in [0.05, 0.1) is 7.11 Å². The molecule has 3 rings (SSSR count). The Kier molecular flexibility index (Phi) is 5.37. The van der Waals surface area contributed by atoms with Crippen LogP contribution in [0.1, 0.15) is 31.9 Å². The monoisotopic (exact) mass is 367 g/mol. The lowest BCUT2D eigenvalue weighted by atomic mass is 9.87. The molecule has 0 radical (unpaired) electrons. The number of hydrogen-bond acceptors (Lipinski definition) is 4. The van der Waals surface area contributed by atoms with Crippen molar-refractivity contribution in [1.29, 1.82) is 0 Å². The van der Waals surface area contributed by atoms with Crippen molar-refractivity contribution in [3.8, 4) is 17.1 Å². The second-order valence-corrected chi connectivity index (χ2v) is 8.27. The highest BCUT2D eigenvalue weighted by atomic mass is 32.2. The molecule has 0 aliphatic heterocycles.